The molecule has 0 spiro atoms. The standard InChI is InChI=1S/C20H13F3O2S2/c21-20(22,23)19(24)16-15(12-6-2-1-3-7-12)17(13-8-4-10-26-13)25-18(16)14-9-5-11-27-14/h1-11,15,17H. The molecule has 0 saturated carbocycles. The molecule has 0 fully saturated rings. The summed E-state index contributed by atoms with van der Waals surface area (Å²) in [6.07, 6.45) is -5.65. The normalized spacial score (nSPS) is 20.0. The van der Waals surface area contributed by atoms with Crippen LogP contribution in [-0.4, -0.2) is 12.0 Å². The van der Waals surface area contributed by atoms with Crippen molar-refractivity contribution in [2.24, 2.45) is 0 Å². The highest BCUT2D eigenvalue weighted by Gasteiger charge is 2.51. The van der Waals surface area contributed by atoms with Gasteiger partial charge in [0.15, 0.2) is 0 Å². The highest BCUT2D eigenvalue weighted by molar-refractivity contribution is 7.11. The van der Waals surface area contributed by atoms with E-state index >= 15 is 0 Å². The Labute approximate surface area is 161 Å². The van der Waals surface area contributed by atoms with Gasteiger partial charge in [0.05, 0.1) is 16.4 Å². The molecule has 1 aliphatic rings. The van der Waals surface area contributed by atoms with Gasteiger partial charge in [-0.25, -0.2) is 0 Å². The lowest BCUT2D eigenvalue weighted by Gasteiger charge is -2.21. The summed E-state index contributed by atoms with van der Waals surface area (Å²) >= 11 is 2.65. The van der Waals surface area contributed by atoms with Crippen LogP contribution in [0.15, 0.2) is 70.9 Å². The second-order valence-corrected chi connectivity index (χ2v) is 7.92. The predicted molar refractivity (Wildman–Crippen MR) is 99.6 cm³/mol. The summed E-state index contributed by atoms with van der Waals surface area (Å²) in [5.74, 6) is -2.64. The van der Waals surface area contributed by atoms with Crippen LogP contribution in [0.2, 0.25) is 0 Å². The molecule has 0 radical (unpaired) electrons. The molecule has 7 heteroatoms. The Balaban J connectivity index is 1.93. The fourth-order valence-corrected chi connectivity index (χ4v) is 4.74. The van der Waals surface area contributed by atoms with Gasteiger partial charge in [-0.3, -0.25) is 4.79 Å². The first-order valence-electron chi connectivity index (χ1n) is 8.11. The van der Waals surface area contributed by atoms with E-state index in [2.05, 4.69) is 0 Å². The zero-order chi connectivity index (χ0) is 19.0. The van der Waals surface area contributed by atoms with E-state index in [4.69, 9.17) is 4.74 Å². The van der Waals surface area contributed by atoms with Crippen molar-refractivity contribution in [3.8, 4) is 0 Å². The molecule has 2 nitrogen and oxygen atoms in total. The molecule has 27 heavy (non-hydrogen) atoms. The molecule has 3 heterocycles. The Bertz CT molecular complexity index is 959. The van der Waals surface area contributed by atoms with E-state index in [0.717, 1.165) is 4.88 Å². The number of benzene rings is 1. The van der Waals surface area contributed by atoms with Crippen LogP contribution in [0, 0.1) is 0 Å². The van der Waals surface area contributed by atoms with Gasteiger partial charge in [0.2, 0.25) is 0 Å². The molecule has 3 aromatic rings. The van der Waals surface area contributed by atoms with Gasteiger partial charge >= 0.3 is 6.18 Å². The van der Waals surface area contributed by atoms with Crippen LogP contribution >= 0.6 is 22.7 Å². The Morgan fingerprint density at radius 2 is 1.63 bits per heavy atom. The Morgan fingerprint density at radius 1 is 0.926 bits per heavy atom. The van der Waals surface area contributed by atoms with Crippen molar-refractivity contribution in [2.45, 2.75) is 18.2 Å². The topological polar surface area (TPSA) is 26.3 Å². The number of hydrogen-bond donors (Lipinski definition) is 0. The van der Waals surface area contributed by atoms with E-state index in [1.807, 2.05) is 17.5 Å². The van der Waals surface area contributed by atoms with Crippen molar-refractivity contribution in [1.29, 1.82) is 0 Å². The van der Waals surface area contributed by atoms with Gasteiger partial charge in [-0.1, -0.05) is 42.5 Å². The van der Waals surface area contributed by atoms with Crippen molar-refractivity contribution in [2.75, 3.05) is 0 Å². The van der Waals surface area contributed by atoms with Crippen molar-refractivity contribution in [1.82, 2.24) is 0 Å². The summed E-state index contributed by atoms with van der Waals surface area (Å²) < 4.78 is 46.3. The van der Waals surface area contributed by atoms with Gasteiger partial charge in [0.1, 0.15) is 11.9 Å². The van der Waals surface area contributed by atoms with E-state index in [1.54, 1.807) is 47.8 Å². The number of Topliss-reactive ketones (excluding diaryl/α,β-unsaturated/α-hetero) is 1. The molecule has 0 N–H and O–H groups in total. The van der Waals surface area contributed by atoms with Gasteiger partial charge in [0.25, 0.3) is 5.78 Å². The summed E-state index contributed by atoms with van der Waals surface area (Å²) in [7, 11) is 0. The van der Waals surface area contributed by atoms with Crippen molar-refractivity contribution < 1.29 is 22.7 Å². The molecular formula is C20H13F3O2S2. The van der Waals surface area contributed by atoms with Gasteiger partial charge in [-0.15, -0.1) is 22.7 Å². The molecule has 0 saturated heterocycles. The number of ketones is 1. The number of thiophene rings is 2. The quantitative estimate of drug-likeness (QED) is 0.515. The smallest absolute Gasteiger partial charge is 0.454 e. The average molecular weight is 406 g/mol. The number of ether oxygens (including phenoxy) is 1. The van der Waals surface area contributed by atoms with Crippen LogP contribution in [0.3, 0.4) is 0 Å². The summed E-state index contributed by atoms with van der Waals surface area (Å²) in [6.45, 7) is 0. The maximum atomic E-state index is 13.4. The largest absolute Gasteiger partial charge is 0.482 e. The minimum Gasteiger partial charge on any atom is -0.482 e. The third-order valence-electron chi connectivity index (χ3n) is 4.33. The molecule has 1 aromatic carbocycles. The second-order valence-electron chi connectivity index (χ2n) is 5.99. The first-order chi connectivity index (χ1) is 13.0. The van der Waals surface area contributed by atoms with Gasteiger partial charge in [-0.05, 0) is 28.5 Å². The lowest BCUT2D eigenvalue weighted by atomic mass is 9.84. The number of halogens is 3. The second kappa shape index (κ2) is 6.98. The van der Waals surface area contributed by atoms with E-state index in [0.29, 0.717) is 10.4 Å². The van der Waals surface area contributed by atoms with Crippen molar-refractivity contribution in [3.05, 3.63) is 86.2 Å². The molecule has 0 aliphatic carbocycles. The minimum atomic E-state index is -4.97. The molecule has 2 unspecified atom stereocenters. The average Bonchev–Trinajstić information content (AvgIpc) is 3.39. The van der Waals surface area contributed by atoms with Gasteiger partial charge in [-0.2, -0.15) is 13.2 Å². The molecule has 0 amide bonds. The van der Waals surface area contributed by atoms with Crippen LogP contribution in [0.25, 0.3) is 5.76 Å². The van der Waals surface area contributed by atoms with Crippen LogP contribution in [0.1, 0.15) is 27.3 Å². The number of rotatable bonds is 4. The fraction of sp³-hybridized carbons (Fsp3) is 0.150. The molecular weight excluding hydrogens is 393 g/mol. The lowest BCUT2D eigenvalue weighted by Crippen LogP contribution is -2.27. The Hall–Kier alpha value is -2.38. The number of carbonyl (C=O) groups is 1. The van der Waals surface area contributed by atoms with Crippen molar-refractivity contribution in [3.63, 3.8) is 0 Å². The maximum absolute atomic E-state index is 13.4. The van der Waals surface area contributed by atoms with Crippen molar-refractivity contribution >= 4 is 34.2 Å². The number of hydrogen-bond acceptors (Lipinski definition) is 4. The zero-order valence-electron chi connectivity index (χ0n) is 13.8. The van der Waals surface area contributed by atoms with Crippen LogP contribution in [-0.2, 0) is 9.53 Å². The molecule has 138 valence electrons. The molecule has 2 atom stereocenters. The Morgan fingerprint density at radius 3 is 2.22 bits per heavy atom. The summed E-state index contributed by atoms with van der Waals surface area (Å²) in [6, 6.07) is 15.8. The predicted octanol–water partition coefficient (Wildman–Crippen LogP) is 6.21. The minimum absolute atomic E-state index is 0.0274. The molecule has 4 rings (SSSR count). The number of carbonyl (C=O) groups excluding carboxylic acids is 1. The van der Waals surface area contributed by atoms with Crippen LogP contribution in [0.5, 0.6) is 0 Å². The first-order valence-corrected chi connectivity index (χ1v) is 9.87. The summed E-state index contributed by atoms with van der Waals surface area (Å²) in [5.41, 5.74) is 0.296. The van der Waals surface area contributed by atoms with Crippen LogP contribution < -0.4 is 0 Å². The summed E-state index contributed by atoms with van der Waals surface area (Å²) in [5, 5.41) is 3.59. The van der Waals surface area contributed by atoms with E-state index in [9.17, 15) is 18.0 Å². The van der Waals surface area contributed by atoms with Crippen LogP contribution in [0.4, 0.5) is 13.2 Å². The number of alkyl halides is 3. The molecule has 2 aromatic heterocycles. The lowest BCUT2D eigenvalue weighted by molar-refractivity contribution is -0.166. The maximum Gasteiger partial charge on any atom is 0.454 e. The molecule has 1 aliphatic heterocycles. The zero-order valence-corrected chi connectivity index (χ0v) is 15.4. The monoisotopic (exact) mass is 406 g/mol. The SMILES string of the molecule is O=C(C1=C(c2cccs2)OC(c2cccs2)C1c1ccccc1)C(F)(F)F. The highest BCUT2D eigenvalue weighted by atomic mass is 32.1. The Kier molecular flexibility index (Phi) is 4.65. The fourth-order valence-electron chi connectivity index (χ4n) is 3.22. The van der Waals surface area contributed by atoms with E-state index in [1.165, 1.54) is 22.7 Å². The summed E-state index contributed by atoms with van der Waals surface area (Å²) in [4.78, 5) is 13.7. The third kappa shape index (κ3) is 3.33. The van der Waals surface area contributed by atoms with Gasteiger partial charge < -0.3 is 4.74 Å². The van der Waals surface area contributed by atoms with E-state index in [-0.39, 0.29) is 11.3 Å². The van der Waals surface area contributed by atoms with E-state index < -0.39 is 24.0 Å². The third-order valence-corrected chi connectivity index (χ3v) is 6.13. The first kappa shape index (κ1) is 18.0. The van der Waals surface area contributed by atoms with Gasteiger partial charge in [0, 0.05) is 4.88 Å². The highest BCUT2D eigenvalue weighted by Crippen LogP contribution is 2.53. The molecule has 0 bridgehead atoms.